The van der Waals surface area contributed by atoms with Gasteiger partial charge in [-0.2, -0.15) is 0 Å². The molecule has 0 saturated carbocycles. The van der Waals surface area contributed by atoms with Gasteiger partial charge in [-0.15, -0.1) is 0 Å². The molecule has 6 amide bonds. The van der Waals surface area contributed by atoms with E-state index in [4.69, 9.17) is 24.7 Å². The molecule has 9 atom stereocenters. The number of aliphatic hydroxyl groups excluding tert-OH is 2. The summed E-state index contributed by atoms with van der Waals surface area (Å²) in [5, 5.41) is 44.0. The number of hydrogen-bond donors (Lipinski definition) is 9. The van der Waals surface area contributed by atoms with Crippen molar-refractivity contribution in [2.45, 2.75) is 198 Å². The molecule has 2 unspecified atom stereocenters. The number of hydrogen-bond acceptors (Lipinski definition) is 18. The second-order valence-electron chi connectivity index (χ2n) is 18.2. The van der Waals surface area contributed by atoms with E-state index < -0.39 is 118 Å². The lowest BCUT2D eigenvalue weighted by Gasteiger charge is -2.49. The Bertz CT molecular complexity index is 1690. The molecule has 0 aliphatic carbocycles. The lowest BCUT2D eigenvalue weighted by Crippen LogP contribution is -2.72. The molecule has 24 heteroatoms. The third-order valence-corrected chi connectivity index (χ3v) is 10.7. The SMILES string of the molecule is COC(=O)[C@@H](CCC(N)=O)NC(=O)[C@H](C)NC(=O)[C@@H](C)O[C@H]1[C@H](O)[C@@H](C(O)C(=O)CCCCCCCNC(=O)OC(C)(C)C)OC(O)(SC(=O)CCCCNC(=O)OC(C)(C)C)[C@@H]1NC(C)=O. The van der Waals surface area contributed by atoms with Gasteiger partial charge in [0.05, 0.1) is 7.11 Å². The van der Waals surface area contributed by atoms with Crippen LogP contribution in [0.2, 0.25) is 0 Å². The maximum absolute atomic E-state index is 13.5. The molecular formula is C43H74N6O17S. The summed E-state index contributed by atoms with van der Waals surface area (Å²) in [6.45, 7) is 14.4. The minimum Gasteiger partial charge on any atom is -0.467 e. The Kier molecular flexibility index (Phi) is 25.8. The smallest absolute Gasteiger partial charge is 0.407 e. The van der Waals surface area contributed by atoms with Crippen LogP contribution in [0, 0.1) is 0 Å². The molecule has 1 aliphatic rings. The maximum Gasteiger partial charge on any atom is 0.407 e. The van der Waals surface area contributed by atoms with E-state index in [1.54, 1.807) is 41.5 Å². The number of unbranched alkanes of at least 4 members (excludes halogenated alkanes) is 5. The number of thioether (sulfide) groups is 1. The molecule has 1 fully saturated rings. The highest BCUT2D eigenvalue weighted by Crippen LogP contribution is 2.41. The number of primary amides is 1. The normalized spacial score (nSPS) is 21.3. The minimum atomic E-state index is -2.82. The van der Waals surface area contributed by atoms with Crippen molar-refractivity contribution < 1.29 is 82.2 Å². The summed E-state index contributed by atoms with van der Waals surface area (Å²) >= 11 is 0.184. The van der Waals surface area contributed by atoms with Crippen molar-refractivity contribution in [2.75, 3.05) is 20.2 Å². The van der Waals surface area contributed by atoms with Gasteiger partial charge < -0.3 is 71.3 Å². The first-order chi connectivity index (χ1) is 31.0. The zero-order valence-corrected chi connectivity index (χ0v) is 41.2. The predicted octanol–water partition coefficient (Wildman–Crippen LogP) is 0.849. The average Bonchev–Trinajstić information content (AvgIpc) is 3.20. The number of esters is 1. The fourth-order valence-corrected chi connectivity index (χ4v) is 7.44. The molecule has 384 valence electrons. The summed E-state index contributed by atoms with van der Waals surface area (Å²) in [5.74, 6) is -5.06. The van der Waals surface area contributed by atoms with Crippen molar-refractivity contribution in [2.24, 2.45) is 5.73 Å². The van der Waals surface area contributed by atoms with E-state index in [1.807, 2.05) is 0 Å². The van der Waals surface area contributed by atoms with Gasteiger partial charge in [0.25, 0.3) is 0 Å². The number of aliphatic hydroxyl groups is 3. The Morgan fingerprint density at radius 3 is 1.82 bits per heavy atom. The van der Waals surface area contributed by atoms with Gasteiger partial charge in [-0.05, 0) is 99.3 Å². The molecule has 0 aromatic heterocycles. The van der Waals surface area contributed by atoms with Gasteiger partial charge in [0.1, 0.15) is 59.8 Å². The first-order valence-corrected chi connectivity index (χ1v) is 23.2. The molecule has 0 aromatic rings. The quantitative estimate of drug-likeness (QED) is 0.0238. The van der Waals surface area contributed by atoms with Gasteiger partial charge in [0, 0.05) is 39.3 Å². The van der Waals surface area contributed by atoms with E-state index in [0.717, 1.165) is 14.0 Å². The first kappa shape index (κ1) is 60.4. The number of rotatable bonds is 27. The fourth-order valence-electron chi connectivity index (χ4n) is 6.39. The molecule has 1 saturated heterocycles. The van der Waals surface area contributed by atoms with Gasteiger partial charge in [0.15, 0.2) is 10.9 Å². The molecule has 67 heavy (non-hydrogen) atoms. The van der Waals surface area contributed by atoms with Gasteiger partial charge in [0.2, 0.25) is 28.7 Å². The van der Waals surface area contributed by atoms with Crippen LogP contribution in [0.4, 0.5) is 9.59 Å². The molecule has 0 bridgehead atoms. The number of carbonyl (C=O) groups excluding carboxylic acids is 9. The molecule has 1 aliphatic heterocycles. The molecule has 0 radical (unpaired) electrons. The van der Waals surface area contributed by atoms with Crippen molar-refractivity contribution in [3.8, 4) is 0 Å². The first-order valence-electron chi connectivity index (χ1n) is 22.3. The fraction of sp³-hybridized carbons (Fsp3) is 0.791. The van der Waals surface area contributed by atoms with E-state index in [2.05, 4.69) is 31.3 Å². The van der Waals surface area contributed by atoms with Gasteiger partial charge in [-0.1, -0.05) is 19.3 Å². The summed E-state index contributed by atoms with van der Waals surface area (Å²) in [6, 6.07) is -4.45. The summed E-state index contributed by atoms with van der Waals surface area (Å²) in [6.07, 6.45) is -8.23. The number of amides is 6. The van der Waals surface area contributed by atoms with Crippen LogP contribution in [0.15, 0.2) is 0 Å². The van der Waals surface area contributed by atoms with Crippen molar-refractivity contribution in [1.82, 2.24) is 26.6 Å². The lowest BCUT2D eigenvalue weighted by atomic mass is 9.90. The van der Waals surface area contributed by atoms with Gasteiger partial charge in [-0.3, -0.25) is 28.8 Å². The Balaban J connectivity index is 3.25. The standard InChI is InChI=1S/C43H74N6O17S/c1-24(36(56)49-27(38(58)62-10)20-21-29(44)52)47-37(57)25(2)63-34-32(55)33(31(54)28(51)18-14-12-11-13-16-22-45-39(59)65-41(4,5)6)64-43(61,35(34)48-26(3)50)67-30(53)19-15-17-23-46-40(60)66-42(7,8)9/h24-25,27,31-35,54-55,61H,11-23H2,1-10H3,(H2,44,52)(H,45,59)(H,46,60)(H,47,57)(H,48,50)(H,49,56)/t24-,25+,27+,31?,32+,33+,34-,35+,43?/m0/s1. The zero-order chi connectivity index (χ0) is 51.3. The van der Waals surface area contributed by atoms with Crippen LogP contribution < -0.4 is 32.3 Å². The Labute approximate surface area is 396 Å². The van der Waals surface area contributed by atoms with Crippen molar-refractivity contribution >= 4 is 64.4 Å². The van der Waals surface area contributed by atoms with E-state index in [9.17, 15) is 58.5 Å². The highest BCUT2D eigenvalue weighted by Gasteiger charge is 2.59. The largest absolute Gasteiger partial charge is 0.467 e. The summed E-state index contributed by atoms with van der Waals surface area (Å²) in [4.78, 5) is 113. The number of ketones is 1. The van der Waals surface area contributed by atoms with E-state index in [0.29, 0.717) is 45.1 Å². The van der Waals surface area contributed by atoms with E-state index >= 15 is 0 Å². The molecule has 0 spiro atoms. The second-order valence-corrected chi connectivity index (χ2v) is 19.4. The van der Waals surface area contributed by atoms with Crippen LogP contribution in [0.1, 0.15) is 133 Å². The highest BCUT2D eigenvalue weighted by molar-refractivity contribution is 8.14. The molecule has 1 rings (SSSR count). The Hall–Kier alpha value is -4.62. The second kappa shape index (κ2) is 28.6. The number of nitrogens with two attached hydrogens (primary N) is 1. The lowest BCUT2D eigenvalue weighted by molar-refractivity contribution is -0.291. The molecule has 0 aromatic carbocycles. The number of ether oxygens (including phenoxy) is 5. The number of Topliss-reactive ketones (excluding diaryl/α,β-unsaturated/α-hetero) is 1. The summed E-state index contributed by atoms with van der Waals surface area (Å²) < 4.78 is 26.8. The van der Waals surface area contributed by atoms with Gasteiger partial charge >= 0.3 is 18.2 Å². The van der Waals surface area contributed by atoms with Crippen molar-refractivity contribution in [1.29, 1.82) is 0 Å². The van der Waals surface area contributed by atoms with Gasteiger partial charge in [-0.25, -0.2) is 14.4 Å². The predicted molar refractivity (Wildman–Crippen MR) is 241 cm³/mol. The molecule has 23 nitrogen and oxygen atoms in total. The Morgan fingerprint density at radius 1 is 0.776 bits per heavy atom. The number of methoxy groups -OCH3 is 1. The number of alkyl carbamates (subject to hydrolysis) is 2. The Morgan fingerprint density at radius 2 is 1.30 bits per heavy atom. The summed E-state index contributed by atoms with van der Waals surface area (Å²) in [5.41, 5.74) is 3.81. The molecule has 10 N–H and O–H groups in total. The number of nitrogens with one attached hydrogen (secondary N) is 5. The van der Waals surface area contributed by atoms with Crippen LogP contribution in [0.25, 0.3) is 0 Å². The third-order valence-electron chi connectivity index (χ3n) is 9.67. The van der Waals surface area contributed by atoms with Crippen LogP contribution >= 0.6 is 11.8 Å². The molecular weight excluding hydrogens is 905 g/mol. The monoisotopic (exact) mass is 978 g/mol. The van der Waals surface area contributed by atoms with Crippen LogP contribution in [0.5, 0.6) is 0 Å². The minimum absolute atomic E-state index is 0.146. The van der Waals surface area contributed by atoms with E-state index in [1.165, 1.54) is 13.8 Å². The average molecular weight is 979 g/mol. The van der Waals surface area contributed by atoms with Crippen LogP contribution in [0.3, 0.4) is 0 Å². The molecule has 1 heterocycles. The zero-order valence-electron chi connectivity index (χ0n) is 40.4. The highest BCUT2D eigenvalue weighted by atomic mass is 32.2. The van der Waals surface area contributed by atoms with Crippen molar-refractivity contribution in [3.63, 3.8) is 0 Å². The topological polar surface area (TPSA) is 347 Å². The van der Waals surface area contributed by atoms with E-state index in [-0.39, 0.29) is 50.4 Å². The van der Waals surface area contributed by atoms with Crippen LogP contribution in [-0.4, -0.2) is 153 Å². The number of carbonyl (C=O) groups is 9. The van der Waals surface area contributed by atoms with Crippen molar-refractivity contribution in [3.05, 3.63) is 0 Å². The maximum atomic E-state index is 13.5. The van der Waals surface area contributed by atoms with Crippen LogP contribution in [-0.2, 0) is 57.2 Å². The summed E-state index contributed by atoms with van der Waals surface area (Å²) in [7, 11) is 1.07. The third kappa shape index (κ3) is 23.8.